The zero-order valence-electron chi connectivity index (χ0n) is 7.53. The van der Waals surface area contributed by atoms with Crippen LogP contribution in [0.5, 0.6) is 0 Å². The molecule has 0 aliphatic heterocycles. The second-order valence-electron chi connectivity index (χ2n) is 3.29. The van der Waals surface area contributed by atoms with Crippen molar-refractivity contribution in [1.82, 2.24) is 9.97 Å². The summed E-state index contributed by atoms with van der Waals surface area (Å²) in [5, 5.41) is 3.07. The van der Waals surface area contributed by atoms with Crippen LogP contribution in [0.3, 0.4) is 0 Å². The highest BCUT2D eigenvalue weighted by Crippen LogP contribution is 2.38. The van der Waals surface area contributed by atoms with Crippen molar-refractivity contribution in [2.45, 2.75) is 18.8 Å². The van der Waals surface area contributed by atoms with Gasteiger partial charge in [0.25, 0.3) is 0 Å². The van der Waals surface area contributed by atoms with Crippen LogP contribution in [0.25, 0.3) is 0 Å². The van der Waals surface area contributed by atoms with E-state index in [2.05, 4.69) is 15.3 Å². The third-order valence-corrected chi connectivity index (χ3v) is 2.10. The van der Waals surface area contributed by atoms with Gasteiger partial charge in [0.15, 0.2) is 0 Å². The summed E-state index contributed by atoms with van der Waals surface area (Å²) in [6.07, 6.45) is 4.35. The molecule has 1 aliphatic carbocycles. The van der Waals surface area contributed by atoms with Gasteiger partial charge in [0.1, 0.15) is 0 Å². The summed E-state index contributed by atoms with van der Waals surface area (Å²) in [4.78, 5) is 8.50. The van der Waals surface area contributed by atoms with Crippen LogP contribution in [0.2, 0.25) is 0 Å². The Morgan fingerprint density at radius 3 is 3.08 bits per heavy atom. The molecule has 3 N–H and O–H groups in total. The van der Waals surface area contributed by atoms with Crippen LogP contribution in [0, 0.1) is 0 Å². The van der Waals surface area contributed by atoms with Gasteiger partial charge in [0.2, 0.25) is 5.95 Å². The van der Waals surface area contributed by atoms with Gasteiger partial charge in [-0.25, -0.2) is 9.97 Å². The molecule has 0 atom stereocenters. The molecule has 1 saturated carbocycles. The van der Waals surface area contributed by atoms with Crippen molar-refractivity contribution in [3.63, 3.8) is 0 Å². The largest absolute Gasteiger partial charge is 0.353 e. The second-order valence-corrected chi connectivity index (χ2v) is 3.29. The minimum atomic E-state index is 0.608. The van der Waals surface area contributed by atoms with Gasteiger partial charge in [0, 0.05) is 30.9 Å². The molecular formula is C9H14N4. The van der Waals surface area contributed by atoms with E-state index in [9.17, 15) is 0 Å². The van der Waals surface area contributed by atoms with E-state index in [1.54, 1.807) is 6.20 Å². The Labute approximate surface area is 77.6 Å². The summed E-state index contributed by atoms with van der Waals surface area (Å²) in [5.41, 5.74) is 6.53. The fourth-order valence-corrected chi connectivity index (χ4v) is 1.25. The van der Waals surface area contributed by atoms with E-state index in [1.807, 2.05) is 6.07 Å². The molecule has 70 valence electrons. The highest BCUT2D eigenvalue weighted by molar-refractivity contribution is 5.27. The number of hydrogen-bond donors (Lipinski definition) is 2. The molecule has 1 aromatic rings. The number of nitrogens with zero attached hydrogens (tertiary/aromatic N) is 2. The van der Waals surface area contributed by atoms with Crippen molar-refractivity contribution < 1.29 is 0 Å². The standard InChI is InChI=1S/C9H14N4/c10-4-6-12-9-11-5-3-8(13-9)7-1-2-7/h3,5,7H,1-2,4,6,10H2,(H,11,12,13). The zero-order valence-corrected chi connectivity index (χ0v) is 7.53. The smallest absolute Gasteiger partial charge is 0.222 e. The van der Waals surface area contributed by atoms with Crippen LogP contribution in [-0.4, -0.2) is 23.1 Å². The molecule has 1 fully saturated rings. The van der Waals surface area contributed by atoms with Crippen molar-refractivity contribution in [3.8, 4) is 0 Å². The third kappa shape index (κ3) is 2.15. The third-order valence-electron chi connectivity index (χ3n) is 2.10. The summed E-state index contributed by atoms with van der Waals surface area (Å²) >= 11 is 0. The molecule has 13 heavy (non-hydrogen) atoms. The van der Waals surface area contributed by atoms with E-state index in [0.29, 0.717) is 18.4 Å². The number of nitrogens with one attached hydrogen (secondary N) is 1. The number of rotatable bonds is 4. The molecule has 1 aliphatic rings. The number of nitrogens with two attached hydrogens (primary N) is 1. The van der Waals surface area contributed by atoms with Gasteiger partial charge in [-0.1, -0.05) is 0 Å². The van der Waals surface area contributed by atoms with Gasteiger partial charge in [0.05, 0.1) is 0 Å². The molecule has 0 amide bonds. The summed E-state index contributed by atoms with van der Waals surface area (Å²) in [5.74, 6) is 1.39. The summed E-state index contributed by atoms with van der Waals surface area (Å²) < 4.78 is 0. The number of hydrogen-bond acceptors (Lipinski definition) is 4. The first-order valence-corrected chi connectivity index (χ1v) is 4.67. The van der Waals surface area contributed by atoms with Crippen molar-refractivity contribution in [2.75, 3.05) is 18.4 Å². The Morgan fingerprint density at radius 2 is 2.38 bits per heavy atom. The SMILES string of the molecule is NCCNc1nccc(C2CC2)n1. The number of anilines is 1. The first-order valence-electron chi connectivity index (χ1n) is 4.67. The van der Waals surface area contributed by atoms with Crippen LogP contribution in [0.4, 0.5) is 5.95 Å². The minimum Gasteiger partial charge on any atom is -0.353 e. The fourth-order valence-electron chi connectivity index (χ4n) is 1.25. The Morgan fingerprint density at radius 1 is 1.54 bits per heavy atom. The molecule has 0 spiro atoms. The predicted octanol–water partition coefficient (Wildman–Crippen LogP) is 0.725. The maximum Gasteiger partial charge on any atom is 0.222 e. The highest BCUT2D eigenvalue weighted by Gasteiger charge is 2.24. The Bertz CT molecular complexity index is 283. The van der Waals surface area contributed by atoms with Crippen LogP contribution < -0.4 is 11.1 Å². The first kappa shape index (κ1) is 8.44. The van der Waals surface area contributed by atoms with E-state index >= 15 is 0 Å². The van der Waals surface area contributed by atoms with Gasteiger partial charge in [-0.2, -0.15) is 0 Å². The minimum absolute atomic E-state index is 0.608. The lowest BCUT2D eigenvalue weighted by molar-refractivity contribution is 0.949. The summed E-state index contributed by atoms with van der Waals surface area (Å²) in [6.45, 7) is 1.34. The molecule has 0 unspecified atom stereocenters. The van der Waals surface area contributed by atoms with Crippen LogP contribution in [0.1, 0.15) is 24.5 Å². The molecule has 0 aromatic carbocycles. The molecular weight excluding hydrogens is 164 g/mol. The van der Waals surface area contributed by atoms with Crippen LogP contribution >= 0.6 is 0 Å². The maximum absolute atomic E-state index is 5.37. The van der Waals surface area contributed by atoms with Gasteiger partial charge >= 0.3 is 0 Å². The normalized spacial score (nSPS) is 15.8. The Balaban J connectivity index is 2.03. The quantitative estimate of drug-likeness (QED) is 0.713. The zero-order chi connectivity index (χ0) is 9.10. The molecule has 0 radical (unpaired) electrons. The fraction of sp³-hybridized carbons (Fsp3) is 0.556. The van der Waals surface area contributed by atoms with Gasteiger partial charge in [-0.05, 0) is 18.9 Å². The molecule has 2 rings (SSSR count). The van der Waals surface area contributed by atoms with Crippen LogP contribution in [-0.2, 0) is 0 Å². The van der Waals surface area contributed by atoms with Crippen molar-refractivity contribution in [1.29, 1.82) is 0 Å². The highest BCUT2D eigenvalue weighted by atomic mass is 15.1. The van der Waals surface area contributed by atoms with Crippen molar-refractivity contribution in [3.05, 3.63) is 18.0 Å². The second kappa shape index (κ2) is 3.70. The average Bonchev–Trinajstić information content (AvgIpc) is 2.98. The monoisotopic (exact) mass is 178 g/mol. The lowest BCUT2D eigenvalue weighted by Gasteiger charge is -2.03. The van der Waals surface area contributed by atoms with Gasteiger partial charge in [-0.15, -0.1) is 0 Å². The summed E-state index contributed by atoms with van der Waals surface area (Å²) in [6, 6.07) is 1.99. The molecule has 0 bridgehead atoms. The lowest BCUT2D eigenvalue weighted by Crippen LogP contribution is -2.15. The summed E-state index contributed by atoms with van der Waals surface area (Å²) in [7, 11) is 0. The molecule has 0 saturated heterocycles. The predicted molar refractivity (Wildman–Crippen MR) is 51.6 cm³/mol. The molecule has 4 nitrogen and oxygen atoms in total. The van der Waals surface area contributed by atoms with Crippen molar-refractivity contribution in [2.24, 2.45) is 5.73 Å². The van der Waals surface area contributed by atoms with Crippen molar-refractivity contribution >= 4 is 5.95 Å². The van der Waals surface area contributed by atoms with E-state index in [1.165, 1.54) is 12.8 Å². The average molecular weight is 178 g/mol. The first-order chi connectivity index (χ1) is 6.40. The van der Waals surface area contributed by atoms with Gasteiger partial charge in [-0.3, -0.25) is 0 Å². The topological polar surface area (TPSA) is 63.8 Å². The van der Waals surface area contributed by atoms with Crippen LogP contribution in [0.15, 0.2) is 12.3 Å². The lowest BCUT2D eigenvalue weighted by atomic mass is 10.3. The van der Waals surface area contributed by atoms with E-state index < -0.39 is 0 Å². The number of aromatic nitrogens is 2. The van der Waals surface area contributed by atoms with Gasteiger partial charge < -0.3 is 11.1 Å². The Kier molecular flexibility index (Phi) is 2.40. The molecule has 1 aromatic heterocycles. The Hall–Kier alpha value is -1.16. The molecule has 1 heterocycles. The molecule has 4 heteroatoms. The van der Waals surface area contributed by atoms with E-state index in [4.69, 9.17) is 5.73 Å². The van der Waals surface area contributed by atoms with E-state index in [0.717, 1.165) is 12.2 Å². The maximum atomic E-state index is 5.37. The van der Waals surface area contributed by atoms with E-state index in [-0.39, 0.29) is 0 Å².